The highest BCUT2D eigenvalue weighted by molar-refractivity contribution is 5.77. The Morgan fingerprint density at radius 2 is 0.305 bits per heavy atom. The normalized spacial score (nSPS) is 11.4. The lowest BCUT2D eigenvalue weighted by molar-refractivity contribution is -0.121. The molecule has 3 N–H and O–H groups in total. The number of ether oxygens (including phenoxy) is 3. The van der Waals surface area contributed by atoms with E-state index in [2.05, 4.69) is 57.5 Å². The van der Waals surface area contributed by atoms with Crippen molar-refractivity contribution in [2.24, 2.45) is 0 Å². The Morgan fingerprint density at radius 1 is 0.178 bits per heavy atom. The molecule has 698 valence electrons. The highest BCUT2D eigenvalue weighted by Gasteiger charge is 2.20. The Morgan fingerprint density at radius 3 is 0.441 bits per heavy atom. The van der Waals surface area contributed by atoms with E-state index in [4.69, 9.17) is 14.2 Å². The van der Waals surface area contributed by atoms with E-state index in [1.807, 2.05) is 19.6 Å². The fourth-order valence-electron chi connectivity index (χ4n) is 16.4. The number of hydrogen-bond acceptors (Lipinski definition) is 10. The summed E-state index contributed by atoms with van der Waals surface area (Å²) >= 11 is 0. The van der Waals surface area contributed by atoms with Crippen molar-refractivity contribution in [3.8, 4) is 0 Å². The molecule has 0 aliphatic carbocycles. The smallest absolute Gasteiger partial charge is 0.409 e. The minimum Gasteiger partial charge on any atom is -0.448 e. The molecule has 0 aromatic rings. The van der Waals surface area contributed by atoms with Crippen molar-refractivity contribution in [3.05, 3.63) is 0 Å². The van der Waals surface area contributed by atoms with Crippen LogP contribution in [0.5, 0.6) is 0 Å². The highest BCUT2D eigenvalue weighted by Crippen LogP contribution is 2.21. The Hall–Kier alpha value is -3.82. The Balaban J connectivity index is 5.93. The first-order chi connectivity index (χ1) is 58.1. The number of rotatable bonds is 96. The Bertz CT molecular complexity index is 1810. The van der Waals surface area contributed by atoms with Crippen LogP contribution in [0, 0.1) is 0 Å². The molecule has 0 aromatic heterocycles. The number of hydrogen-bond donors (Lipinski definition) is 3. The maximum atomic E-state index is 13.7. The first-order valence-corrected chi connectivity index (χ1v) is 52.3. The largest absolute Gasteiger partial charge is 0.448 e. The van der Waals surface area contributed by atoms with Crippen molar-refractivity contribution in [2.45, 2.75) is 523 Å². The van der Waals surface area contributed by atoms with Crippen LogP contribution in [0.3, 0.4) is 0 Å². The molecule has 0 unspecified atom stereocenters. The summed E-state index contributed by atoms with van der Waals surface area (Å²) in [5, 5.41) is 8.90. The van der Waals surface area contributed by atoms with E-state index in [1.165, 1.54) is 385 Å². The molecule has 0 saturated heterocycles. The average molecular weight is 1670 g/mol. The number of nitrogens with zero attached hydrogens (tertiary/aromatic N) is 4. The number of nitrogens with one attached hydrogen (secondary N) is 3. The molecule has 0 aliphatic rings. The highest BCUT2D eigenvalue weighted by atomic mass is 16.6. The molecule has 118 heavy (non-hydrogen) atoms. The van der Waals surface area contributed by atoms with Crippen LogP contribution in [0.25, 0.3) is 0 Å². The van der Waals surface area contributed by atoms with Crippen molar-refractivity contribution >= 4 is 36.0 Å². The van der Waals surface area contributed by atoms with Crippen LogP contribution in [0.2, 0.25) is 0 Å². The van der Waals surface area contributed by atoms with Crippen LogP contribution in [0.15, 0.2) is 0 Å². The summed E-state index contributed by atoms with van der Waals surface area (Å²) in [6, 6.07) is 0. The van der Waals surface area contributed by atoms with E-state index in [-0.39, 0.29) is 94.7 Å². The second-order valence-corrected chi connectivity index (χ2v) is 35.8. The molecule has 0 aliphatic heterocycles. The van der Waals surface area contributed by atoms with Gasteiger partial charge in [0.1, 0.15) is 19.8 Å². The van der Waals surface area contributed by atoms with Gasteiger partial charge in [-0.1, -0.05) is 465 Å². The maximum Gasteiger partial charge on any atom is 0.409 e. The monoisotopic (exact) mass is 1670 g/mol. The van der Waals surface area contributed by atoms with Crippen molar-refractivity contribution in [2.75, 3.05) is 98.4 Å². The second kappa shape index (κ2) is 95.4. The molecule has 0 rings (SSSR count). The van der Waals surface area contributed by atoms with Crippen molar-refractivity contribution in [1.29, 1.82) is 0 Å². The van der Waals surface area contributed by atoms with Gasteiger partial charge >= 0.3 is 18.3 Å². The van der Waals surface area contributed by atoms with Gasteiger partial charge < -0.3 is 49.8 Å². The summed E-state index contributed by atoms with van der Waals surface area (Å²) in [7, 11) is 0. The SMILES string of the molecule is CCCCCCCCCCCCCCN(CCCCCCCCCCCCCC)C(=O)OCCNC(=O)CCN(CCC(=O)NCCOC(=O)N(CCCCCCCCCCCCCC)CCCCCCCCCCCCCC)CCC(=O)NCCOC(=O)N(CCCCCCCCCCCCCC)CCCCCCCCCCCCCC. The molecule has 0 radical (unpaired) electrons. The number of carbonyl (C=O) groups is 6. The minimum absolute atomic E-state index is 0.0699. The third kappa shape index (κ3) is 84.4. The summed E-state index contributed by atoms with van der Waals surface area (Å²) in [4.78, 5) is 89.4. The van der Waals surface area contributed by atoms with Gasteiger partial charge in [0.15, 0.2) is 0 Å². The lowest BCUT2D eigenvalue weighted by Crippen LogP contribution is -2.39. The minimum atomic E-state index is -0.312. The summed E-state index contributed by atoms with van der Waals surface area (Å²) < 4.78 is 17.6. The van der Waals surface area contributed by atoms with Gasteiger partial charge in [0.25, 0.3) is 0 Å². The molecule has 0 saturated carbocycles. The van der Waals surface area contributed by atoms with Crippen molar-refractivity contribution < 1.29 is 43.0 Å². The summed E-state index contributed by atoms with van der Waals surface area (Å²) in [6.45, 7) is 19.4. The van der Waals surface area contributed by atoms with Crippen LogP contribution in [0.1, 0.15) is 523 Å². The van der Waals surface area contributed by atoms with E-state index in [1.54, 1.807) is 0 Å². The Labute approximate surface area is 732 Å². The standard InChI is InChI=1S/C102H201N7O9/c1-7-13-19-25-31-37-43-49-55-61-67-73-85-107(86-74-68-62-56-50-44-38-32-26-20-14-8-2)100(113)116-94-82-103-97(110)79-91-106(92-80-98(111)104-83-95-117-101(114)108(87-75-69-63-57-51-45-39-33-27-21-15-9-3)88-76-70-64-58-52-46-40-34-28-22-16-10-4)93-81-99(112)105-84-96-118-102(115)109(89-77-71-65-59-53-47-41-35-29-23-17-11-5)90-78-72-66-60-54-48-42-36-30-24-18-12-6/h7-96H2,1-6H3,(H,103,110)(H,104,111)(H,105,112). The zero-order valence-electron chi connectivity index (χ0n) is 79.6. The van der Waals surface area contributed by atoms with E-state index >= 15 is 0 Å². The van der Waals surface area contributed by atoms with E-state index in [0.29, 0.717) is 58.9 Å². The second-order valence-electron chi connectivity index (χ2n) is 35.8. The molecule has 0 bridgehead atoms. The molecule has 16 nitrogen and oxygen atoms in total. The average Bonchev–Trinajstić information content (AvgIpc) is 0.950. The molecule has 0 heterocycles. The van der Waals surface area contributed by atoms with Crippen molar-refractivity contribution in [3.63, 3.8) is 0 Å². The molecule has 6 amide bonds. The van der Waals surface area contributed by atoms with Crippen LogP contribution >= 0.6 is 0 Å². The van der Waals surface area contributed by atoms with Gasteiger partial charge in [0.05, 0.1) is 19.6 Å². The number of carbonyl (C=O) groups excluding carboxylic acids is 6. The molecule has 0 aromatic carbocycles. The van der Waals surface area contributed by atoms with Crippen LogP contribution in [0.4, 0.5) is 14.4 Å². The summed E-state index contributed by atoms with van der Waals surface area (Å²) in [5.41, 5.74) is 0. The molecule has 0 atom stereocenters. The number of unbranched alkanes of at least 4 members (excludes halogenated alkanes) is 66. The zero-order valence-corrected chi connectivity index (χ0v) is 79.6. The molecular formula is C102H201N7O9. The third-order valence-corrected chi connectivity index (χ3v) is 24.4. The molecule has 0 spiro atoms. The maximum absolute atomic E-state index is 13.7. The van der Waals surface area contributed by atoms with Crippen LogP contribution in [-0.4, -0.2) is 154 Å². The molecular weight excluding hydrogens is 1470 g/mol. The van der Waals surface area contributed by atoms with E-state index in [9.17, 15) is 28.8 Å². The van der Waals surface area contributed by atoms with Gasteiger partial charge in [-0.2, -0.15) is 0 Å². The van der Waals surface area contributed by atoms with Gasteiger partial charge in [0.2, 0.25) is 17.7 Å². The quantitative estimate of drug-likeness (QED) is 0.0392. The number of amides is 6. The van der Waals surface area contributed by atoms with Gasteiger partial charge in [-0.15, -0.1) is 0 Å². The van der Waals surface area contributed by atoms with Crippen molar-refractivity contribution in [1.82, 2.24) is 35.6 Å². The van der Waals surface area contributed by atoms with Gasteiger partial charge in [0, 0.05) is 78.2 Å². The molecule has 0 fully saturated rings. The first kappa shape index (κ1) is 114. The lowest BCUT2D eigenvalue weighted by Gasteiger charge is -2.23. The van der Waals surface area contributed by atoms with Crippen LogP contribution in [-0.2, 0) is 28.6 Å². The van der Waals surface area contributed by atoms with Gasteiger partial charge in [-0.3, -0.25) is 14.4 Å². The fraction of sp³-hybridized carbons (Fsp3) is 0.941. The predicted molar refractivity (Wildman–Crippen MR) is 505 cm³/mol. The Kier molecular flexibility index (Phi) is 92.3. The summed E-state index contributed by atoms with van der Waals surface area (Å²) in [5.74, 6) is -0.620. The van der Waals surface area contributed by atoms with Gasteiger partial charge in [-0.05, 0) is 38.5 Å². The van der Waals surface area contributed by atoms with E-state index in [0.717, 1.165) is 77.0 Å². The third-order valence-electron chi connectivity index (χ3n) is 24.4. The first-order valence-electron chi connectivity index (χ1n) is 52.3. The van der Waals surface area contributed by atoms with Gasteiger partial charge in [-0.25, -0.2) is 14.4 Å². The van der Waals surface area contributed by atoms with E-state index < -0.39 is 0 Å². The summed E-state index contributed by atoms with van der Waals surface area (Å²) in [6.07, 6.45) is 90.4. The van der Waals surface area contributed by atoms with Crippen LogP contribution < -0.4 is 16.0 Å². The zero-order chi connectivity index (χ0) is 85.7. The lowest BCUT2D eigenvalue weighted by atomic mass is 10.0. The topological polar surface area (TPSA) is 179 Å². The fourth-order valence-corrected chi connectivity index (χ4v) is 16.4. The predicted octanol–water partition coefficient (Wildman–Crippen LogP) is 29.3. The molecule has 16 heteroatoms.